The molecule has 8 nitrogen and oxygen atoms in total. The Labute approximate surface area is 265 Å². The van der Waals surface area contributed by atoms with Gasteiger partial charge in [0.2, 0.25) is 0 Å². The van der Waals surface area contributed by atoms with E-state index in [1.54, 1.807) is 0 Å². The Balaban J connectivity index is 1.37. The van der Waals surface area contributed by atoms with Crippen molar-refractivity contribution in [1.29, 1.82) is 0 Å². The topological polar surface area (TPSA) is 140 Å². The maximum atomic E-state index is 12.0. The average molecular weight is 623 g/mol. The molecule has 4 aliphatic carbocycles. The Morgan fingerprint density at radius 1 is 0.886 bits per heavy atom. The van der Waals surface area contributed by atoms with Gasteiger partial charge in [0.25, 0.3) is 0 Å². The van der Waals surface area contributed by atoms with Crippen LogP contribution in [0.4, 0.5) is 0 Å². The summed E-state index contributed by atoms with van der Waals surface area (Å²) in [6.07, 6.45) is 3.15. The second-order valence-electron chi connectivity index (χ2n) is 17.3. The van der Waals surface area contributed by atoms with Crippen LogP contribution < -0.4 is 0 Å². The number of aliphatic hydroxyl groups excluding tert-OH is 5. The molecular weight excluding hydrogens is 560 g/mol. The molecule has 1 heterocycles. The number of aliphatic hydroxyl groups is 6. The lowest BCUT2D eigenvalue weighted by Crippen LogP contribution is -2.67. The first-order chi connectivity index (χ1) is 20.3. The Hall–Kier alpha value is -0.580. The lowest BCUT2D eigenvalue weighted by Gasteiger charge is -2.70. The van der Waals surface area contributed by atoms with Gasteiger partial charge in [-0.3, -0.25) is 0 Å². The molecule has 6 N–H and O–H groups in total. The minimum absolute atomic E-state index is 0.0231. The molecule has 5 fully saturated rings. The fourth-order valence-electron chi connectivity index (χ4n) is 11.9. The van der Waals surface area contributed by atoms with Crippen molar-refractivity contribution in [3.8, 4) is 0 Å². The zero-order valence-corrected chi connectivity index (χ0v) is 28.5. The molecule has 8 heteroatoms. The van der Waals surface area contributed by atoms with Gasteiger partial charge in [-0.05, 0) is 124 Å². The Kier molecular flexibility index (Phi) is 9.35. The summed E-state index contributed by atoms with van der Waals surface area (Å²) in [4.78, 5) is 0. The van der Waals surface area contributed by atoms with Gasteiger partial charge in [-0.25, -0.2) is 0 Å². The fraction of sp³-hybridized carbons (Fsp3) is 0.944. The van der Waals surface area contributed by atoms with Crippen molar-refractivity contribution in [2.24, 2.45) is 45.3 Å². The monoisotopic (exact) mass is 622 g/mol. The molecule has 44 heavy (non-hydrogen) atoms. The van der Waals surface area contributed by atoms with Crippen LogP contribution in [0.25, 0.3) is 0 Å². The van der Waals surface area contributed by atoms with Gasteiger partial charge in [0.1, 0.15) is 24.4 Å². The Bertz CT molecular complexity index is 1070. The lowest BCUT2D eigenvalue weighted by atomic mass is 9.35. The van der Waals surface area contributed by atoms with Crippen LogP contribution in [-0.4, -0.2) is 85.8 Å². The van der Waals surface area contributed by atoms with Crippen molar-refractivity contribution in [2.45, 2.75) is 162 Å². The van der Waals surface area contributed by atoms with E-state index in [1.807, 2.05) is 6.92 Å². The highest BCUT2D eigenvalue weighted by atomic mass is 16.7. The maximum Gasteiger partial charge on any atom is 0.186 e. The van der Waals surface area contributed by atoms with Crippen molar-refractivity contribution in [3.05, 3.63) is 11.6 Å². The summed E-state index contributed by atoms with van der Waals surface area (Å²) in [6, 6.07) is 0. The van der Waals surface area contributed by atoms with Crippen LogP contribution in [0, 0.1) is 45.3 Å². The van der Waals surface area contributed by atoms with Crippen LogP contribution >= 0.6 is 0 Å². The van der Waals surface area contributed by atoms with Crippen LogP contribution in [0.3, 0.4) is 0 Å². The summed E-state index contributed by atoms with van der Waals surface area (Å²) in [5, 5.41) is 64.8. The number of ether oxygens (including phenoxy) is 2. The number of fused-ring (bicyclic) bond motifs is 5. The first kappa shape index (κ1) is 34.7. The summed E-state index contributed by atoms with van der Waals surface area (Å²) < 4.78 is 12.2. The van der Waals surface area contributed by atoms with Gasteiger partial charge in [0.05, 0.1) is 24.4 Å². The van der Waals surface area contributed by atoms with Crippen LogP contribution in [0.5, 0.6) is 0 Å². The van der Waals surface area contributed by atoms with E-state index in [2.05, 4.69) is 54.5 Å². The number of hydrogen-bond acceptors (Lipinski definition) is 8. The third kappa shape index (κ3) is 5.26. The molecule has 1 unspecified atom stereocenters. The third-order valence-corrected chi connectivity index (χ3v) is 14.5. The minimum atomic E-state index is -1.46. The highest BCUT2D eigenvalue weighted by Gasteiger charge is 2.71. The average Bonchev–Trinajstić information content (AvgIpc) is 3.32. The quantitative estimate of drug-likeness (QED) is 0.182. The molecule has 0 amide bonds. The Morgan fingerprint density at radius 3 is 2.18 bits per heavy atom. The molecule has 0 aromatic heterocycles. The van der Waals surface area contributed by atoms with E-state index in [1.165, 1.54) is 5.57 Å². The summed E-state index contributed by atoms with van der Waals surface area (Å²) in [5.74, 6) is 0.792. The van der Waals surface area contributed by atoms with Crippen molar-refractivity contribution < 1.29 is 40.1 Å². The lowest BCUT2D eigenvalue weighted by molar-refractivity contribution is -0.332. The highest BCUT2D eigenvalue weighted by Crippen LogP contribution is 2.76. The van der Waals surface area contributed by atoms with Gasteiger partial charge in [-0.2, -0.15) is 0 Å². The molecule has 0 aromatic carbocycles. The summed E-state index contributed by atoms with van der Waals surface area (Å²) >= 11 is 0. The van der Waals surface area contributed by atoms with E-state index in [4.69, 9.17) is 9.47 Å². The van der Waals surface area contributed by atoms with E-state index >= 15 is 0 Å². The number of hydrogen-bond donors (Lipinski definition) is 6. The van der Waals surface area contributed by atoms with Crippen LogP contribution in [0.2, 0.25) is 0 Å². The number of allylic oxidation sites excluding steroid dienone is 2. The zero-order valence-electron chi connectivity index (χ0n) is 28.5. The first-order valence-corrected chi connectivity index (χ1v) is 17.3. The molecule has 0 bridgehead atoms. The number of rotatable bonds is 7. The van der Waals surface area contributed by atoms with Gasteiger partial charge in [-0.15, -0.1) is 0 Å². The van der Waals surface area contributed by atoms with Crippen molar-refractivity contribution in [3.63, 3.8) is 0 Å². The second-order valence-corrected chi connectivity index (χ2v) is 17.3. The maximum absolute atomic E-state index is 12.0. The first-order valence-electron chi connectivity index (χ1n) is 17.3. The predicted octanol–water partition coefficient (Wildman–Crippen LogP) is 4.32. The molecule has 1 aliphatic heterocycles. The second kappa shape index (κ2) is 11.8. The third-order valence-electron chi connectivity index (χ3n) is 14.5. The summed E-state index contributed by atoms with van der Waals surface area (Å²) in [7, 11) is 0. The van der Waals surface area contributed by atoms with Crippen LogP contribution in [-0.2, 0) is 9.47 Å². The molecule has 0 radical (unpaired) electrons. The van der Waals surface area contributed by atoms with Crippen molar-refractivity contribution >= 4 is 0 Å². The molecule has 0 spiro atoms. The van der Waals surface area contributed by atoms with Gasteiger partial charge >= 0.3 is 0 Å². The van der Waals surface area contributed by atoms with E-state index in [0.29, 0.717) is 18.3 Å². The van der Waals surface area contributed by atoms with E-state index in [9.17, 15) is 30.6 Å². The van der Waals surface area contributed by atoms with Gasteiger partial charge in [-0.1, -0.05) is 46.3 Å². The van der Waals surface area contributed by atoms with Gasteiger partial charge in [0, 0.05) is 0 Å². The molecule has 0 aromatic rings. The van der Waals surface area contributed by atoms with E-state index in [-0.39, 0.29) is 39.6 Å². The minimum Gasteiger partial charge on any atom is -0.394 e. The normalized spacial score (nSPS) is 51.5. The van der Waals surface area contributed by atoms with Crippen molar-refractivity contribution in [1.82, 2.24) is 0 Å². The van der Waals surface area contributed by atoms with E-state index in [0.717, 1.165) is 51.4 Å². The zero-order chi connectivity index (χ0) is 32.6. The van der Waals surface area contributed by atoms with Crippen molar-refractivity contribution in [2.75, 3.05) is 6.61 Å². The van der Waals surface area contributed by atoms with E-state index < -0.39 is 49.0 Å². The fourth-order valence-corrected chi connectivity index (χ4v) is 11.9. The van der Waals surface area contributed by atoms with Gasteiger partial charge < -0.3 is 40.1 Å². The molecule has 5 aliphatic rings. The summed E-state index contributed by atoms with van der Waals surface area (Å²) in [5.41, 5.74) is 0.122. The highest BCUT2D eigenvalue weighted by molar-refractivity contribution is 5.20. The van der Waals surface area contributed by atoms with Crippen LogP contribution in [0.1, 0.15) is 113 Å². The molecule has 4 saturated carbocycles. The summed E-state index contributed by atoms with van der Waals surface area (Å²) in [6.45, 7) is 17.5. The smallest absolute Gasteiger partial charge is 0.186 e. The molecule has 254 valence electrons. The standard InChI is InChI=1S/C36H62O8/c1-20(2)10-9-14-36(8,42)21-11-16-35(7)27(21)22(38)18-25-33(5)15-13-26(32(3,4)24(33)12-17-34(25,35)6)44-31-30(41)29(40)28(39)23(19-37)43-31/h10,21-31,37-42H,9,11-19H2,1-8H3/t21-,22+,23+,24-,25+,26?,27-,28+,29-,30+,31-,33-,34+,35+,36-/m0/s1. The Morgan fingerprint density at radius 2 is 1.55 bits per heavy atom. The molecular formula is C36H62O8. The molecule has 1 saturated heterocycles. The SMILES string of the molecule is CC(C)=CCC[C@](C)(O)[C@H]1CC[C@]2(C)[C@@H]1[C@H](O)C[C@@H]1[C@@]3(C)CCC(O[C@@H]4O[C@H](CO)[C@@H](O)[C@H](O)[C@H]4O)C(C)(C)[C@@H]3CC[C@]12C. The predicted molar refractivity (Wildman–Crippen MR) is 168 cm³/mol. The molecule has 15 atom stereocenters. The van der Waals surface area contributed by atoms with Crippen LogP contribution in [0.15, 0.2) is 11.6 Å². The molecule has 5 rings (SSSR count). The largest absolute Gasteiger partial charge is 0.394 e. The van der Waals surface area contributed by atoms with Gasteiger partial charge in [0.15, 0.2) is 6.29 Å².